The Hall–Kier alpha value is -2.03. The first-order valence-corrected chi connectivity index (χ1v) is 8.86. The number of halogens is 3. The van der Waals surface area contributed by atoms with E-state index in [0.717, 1.165) is 4.47 Å². The van der Waals surface area contributed by atoms with Crippen LogP contribution in [0.15, 0.2) is 41.0 Å². The Balaban J connectivity index is 1.91. The van der Waals surface area contributed by atoms with Crippen LogP contribution >= 0.6 is 27.5 Å². The molecule has 136 valence electrons. The number of alkyl halides is 1. The molecule has 1 aliphatic heterocycles. The van der Waals surface area contributed by atoms with Crippen molar-refractivity contribution in [1.29, 1.82) is 0 Å². The first-order valence-electron chi connectivity index (χ1n) is 7.69. The summed E-state index contributed by atoms with van der Waals surface area (Å²) < 4.78 is 20.0. The Morgan fingerprint density at radius 3 is 2.92 bits per heavy atom. The highest BCUT2D eigenvalue weighted by Gasteiger charge is 2.39. The van der Waals surface area contributed by atoms with E-state index in [9.17, 15) is 9.18 Å². The predicted molar refractivity (Wildman–Crippen MR) is 100.0 cm³/mol. The molecule has 26 heavy (non-hydrogen) atoms. The van der Waals surface area contributed by atoms with Crippen molar-refractivity contribution in [3.63, 3.8) is 0 Å². The van der Waals surface area contributed by atoms with Gasteiger partial charge < -0.3 is 10.1 Å². The Morgan fingerprint density at radius 2 is 2.27 bits per heavy atom. The van der Waals surface area contributed by atoms with Crippen LogP contribution in [-0.2, 0) is 10.3 Å². The van der Waals surface area contributed by atoms with Crippen molar-refractivity contribution in [3.05, 3.63) is 57.3 Å². The van der Waals surface area contributed by atoms with Gasteiger partial charge in [0.25, 0.3) is 11.7 Å². The smallest absolute Gasteiger partial charge is 0.274 e. The molecule has 1 aromatic carbocycles. The quantitative estimate of drug-likeness (QED) is 0.667. The molecule has 1 amide bonds. The van der Waals surface area contributed by atoms with Crippen LogP contribution in [0, 0.1) is 0 Å². The molecule has 0 saturated carbocycles. The topological polar surface area (TPSA) is 91.2 Å². The third-order valence-corrected chi connectivity index (χ3v) is 4.59. The number of amides is 1. The number of pyridine rings is 1. The lowest BCUT2D eigenvalue weighted by atomic mass is 9.91. The highest BCUT2D eigenvalue weighted by molar-refractivity contribution is 9.10. The normalized spacial score (nSPS) is 19.7. The summed E-state index contributed by atoms with van der Waals surface area (Å²) in [6.45, 7) is -0.455. The van der Waals surface area contributed by atoms with E-state index in [-0.39, 0.29) is 18.9 Å². The summed E-state index contributed by atoms with van der Waals surface area (Å²) in [7, 11) is 0. The highest BCUT2D eigenvalue weighted by Crippen LogP contribution is 2.27. The van der Waals surface area contributed by atoms with Gasteiger partial charge in [-0.25, -0.2) is 9.37 Å². The molecule has 1 aliphatic rings. The van der Waals surface area contributed by atoms with Gasteiger partial charge in [0.2, 0.25) is 0 Å². The van der Waals surface area contributed by atoms with Gasteiger partial charge in [0.05, 0.1) is 6.61 Å². The van der Waals surface area contributed by atoms with Crippen LogP contribution in [0.4, 0.5) is 10.1 Å². The fourth-order valence-electron chi connectivity index (χ4n) is 2.66. The number of carbonyl (C=O) groups excluding carboxylic acids is 1. The van der Waals surface area contributed by atoms with Gasteiger partial charge in [-0.05, 0) is 46.3 Å². The zero-order chi connectivity index (χ0) is 18.7. The average molecular weight is 443 g/mol. The second kappa shape index (κ2) is 7.69. The lowest BCUT2D eigenvalue weighted by Crippen LogP contribution is -2.91. The molecule has 0 spiro atoms. The molecule has 0 radical (unpaired) electrons. The fourth-order valence-corrected chi connectivity index (χ4v) is 3.13. The van der Waals surface area contributed by atoms with Crippen molar-refractivity contribution in [3.8, 4) is 0 Å². The first-order chi connectivity index (χ1) is 12.4. The van der Waals surface area contributed by atoms with Gasteiger partial charge in [0, 0.05) is 26.9 Å². The lowest BCUT2D eigenvalue weighted by molar-refractivity contribution is -0.581. The molecule has 0 bridgehead atoms. The maximum Gasteiger partial charge on any atom is 0.274 e. The van der Waals surface area contributed by atoms with Crippen LogP contribution in [0.2, 0.25) is 5.02 Å². The van der Waals surface area contributed by atoms with Crippen LogP contribution in [-0.4, -0.2) is 36.6 Å². The van der Waals surface area contributed by atoms with Gasteiger partial charge in [0.1, 0.15) is 19.0 Å². The standard InChI is InChI=1S/C17H15BrClFN4O2/c18-11-1-2-14(22-6-11)16(25)23-13-4-10(3-12(19)5-13)17(8-20)9-26-7-15(21)24-17/h1-6H,7-9H2,(H2,21,24)(H,23,25)/p+1. The van der Waals surface area contributed by atoms with Gasteiger partial charge in [-0.2, -0.15) is 0 Å². The SMILES string of the molecule is NC1=[NH+]C(CF)(c2cc(Cl)cc(NC(=O)c3ccc(Br)cn3)c2)COC1. The number of hydrogen-bond acceptors (Lipinski definition) is 4. The van der Waals surface area contributed by atoms with Crippen LogP contribution < -0.4 is 16.0 Å². The third kappa shape index (κ3) is 4.03. The van der Waals surface area contributed by atoms with Gasteiger partial charge in [-0.3, -0.25) is 15.5 Å². The molecule has 2 aromatic rings. The maximum absolute atomic E-state index is 13.9. The number of amidine groups is 1. The lowest BCUT2D eigenvalue weighted by Gasteiger charge is -2.29. The number of nitrogens with two attached hydrogens (primary N) is 1. The predicted octanol–water partition coefficient (Wildman–Crippen LogP) is 1.38. The van der Waals surface area contributed by atoms with E-state index in [0.29, 0.717) is 22.1 Å². The van der Waals surface area contributed by atoms with Crippen molar-refractivity contribution in [2.24, 2.45) is 5.73 Å². The number of ether oxygens (including phenoxy) is 1. The van der Waals surface area contributed by atoms with E-state index in [4.69, 9.17) is 22.1 Å². The van der Waals surface area contributed by atoms with Gasteiger partial charge in [-0.15, -0.1) is 0 Å². The number of aromatic nitrogens is 1. The van der Waals surface area contributed by atoms with Crippen molar-refractivity contribution < 1.29 is 18.9 Å². The molecule has 0 fully saturated rings. The summed E-state index contributed by atoms with van der Waals surface area (Å²) >= 11 is 9.44. The number of hydrogen-bond donors (Lipinski definition) is 3. The molecular formula is C17H16BrClFN4O2+. The van der Waals surface area contributed by atoms with Gasteiger partial charge in [-0.1, -0.05) is 11.6 Å². The summed E-state index contributed by atoms with van der Waals surface area (Å²) in [4.78, 5) is 19.3. The number of carbonyl (C=O) groups is 1. The minimum atomic E-state index is -1.15. The third-order valence-electron chi connectivity index (χ3n) is 3.90. The molecule has 4 N–H and O–H groups in total. The van der Waals surface area contributed by atoms with Crippen LogP contribution in [0.25, 0.3) is 0 Å². The van der Waals surface area contributed by atoms with Gasteiger partial charge >= 0.3 is 0 Å². The first kappa shape index (κ1) is 18.8. The molecular weight excluding hydrogens is 427 g/mol. The molecule has 1 unspecified atom stereocenters. The molecule has 9 heteroatoms. The fraction of sp³-hybridized carbons (Fsp3) is 0.235. The van der Waals surface area contributed by atoms with Gasteiger partial charge in [0.15, 0.2) is 5.54 Å². The second-order valence-electron chi connectivity index (χ2n) is 5.90. The van der Waals surface area contributed by atoms with E-state index in [2.05, 4.69) is 31.2 Å². The van der Waals surface area contributed by atoms with E-state index in [1.54, 1.807) is 30.3 Å². The summed E-state index contributed by atoms with van der Waals surface area (Å²) in [5.41, 5.74) is 5.80. The number of nitrogens with one attached hydrogen (secondary N) is 2. The summed E-state index contributed by atoms with van der Waals surface area (Å²) in [6.07, 6.45) is 1.53. The number of rotatable bonds is 4. The number of anilines is 1. The van der Waals surface area contributed by atoms with E-state index < -0.39 is 18.1 Å². The Morgan fingerprint density at radius 1 is 1.46 bits per heavy atom. The van der Waals surface area contributed by atoms with Crippen LogP contribution in [0.5, 0.6) is 0 Å². The monoisotopic (exact) mass is 441 g/mol. The van der Waals surface area contributed by atoms with Crippen LogP contribution in [0.1, 0.15) is 16.1 Å². The van der Waals surface area contributed by atoms with Crippen LogP contribution in [0.3, 0.4) is 0 Å². The van der Waals surface area contributed by atoms with E-state index in [1.807, 2.05) is 0 Å². The maximum atomic E-state index is 13.9. The van der Waals surface area contributed by atoms with Crippen molar-refractivity contribution >= 4 is 45.0 Å². The minimum Gasteiger partial charge on any atom is -0.364 e. The second-order valence-corrected chi connectivity index (χ2v) is 7.26. The molecule has 1 aromatic heterocycles. The van der Waals surface area contributed by atoms with Crippen molar-refractivity contribution in [2.45, 2.75) is 5.54 Å². The molecule has 6 nitrogen and oxygen atoms in total. The molecule has 0 aliphatic carbocycles. The highest BCUT2D eigenvalue weighted by atomic mass is 79.9. The summed E-state index contributed by atoms with van der Waals surface area (Å²) in [5.74, 6) is -0.0718. The minimum absolute atomic E-state index is 0.0895. The van der Waals surface area contributed by atoms with E-state index in [1.165, 1.54) is 6.20 Å². The Labute approximate surface area is 162 Å². The zero-order valence-electron chi connectivity index (χ0n) is 13.6. The summed E-state index contributed by atoms with van der Waals surface area (Å²) in [6, 6.07) is 8.12. The summed E-state index contributed by atoms with van der Waals surface area (Å²) in [5, 5.41) is 3.07. The molecule has 0 saturated heterocycles. The average Bonchev–Trinajstić information content (AvgIpc) is 2.61. The molecule has 1 atom stereocenters. The number of nitrogens with zero attached hydrogens (tertiary/aromatic N) is 1. The molecule has 3 rings (SSSR count). The Kier molecular flexibility index (Phi) is 5.55. The largest absolute Gasteiger partial charge is 0.364 e. The van der Waals surface area contributed by atoms with Crippen molar-refractivity contribution in [1.82, 2.24) is 4.98 Å². The Bertz CT molecular complexity index is 862. The molecule has 2 heterocycles. The number of benzene rings is 1. The zero-order valence-corrected chi connectivity index (χ0v) is 15.9. The van der Waals surface area contributed by atoms with E-state index >= 15 is 0 Å². The van der Waals surface area contributed by atoms with Crippen molar-refractivity contribution in [2.75, 3.05) is 25.2 Å².